The first-order valence-corrected chi connectivity index (χ1v) is 22.3. The van der Waals surface area contributed by atoms with Gasteiger partial charge in [-0.2, -0.15) is 0 Å². The van der Waals surface area contributed by atoms with Crippen LogP contribution in [0, 0.1) is 12.8 Å². The molecular weight excluding hydrogens is 670 g/mol. The van der Waals surface area contributed by atoms with Crippen LogP contribution in [0.2, 0.25) is 18.1 Å². The lowest BCUT2D eigenvalue weighted by atomic mass is 9.79. The Morgan fingerprint density at radius 3 is 1.75 bits per heavy atom. The number of β-lactam (4-membered cyclic amide) rings is 1. The Bertz CT molecular complexity index is 1810. The molecule has 0 N–H and O–H groups in total. The molecule has 0 aromatic heterocycles. The number of ketones is 1. The molecule has 1 amide bonds. The van der Waals surface area contributed by atoms with Crippen LogP contribution in [-0.4, -0.2) is 55.0 Å². The molecular formula is C43H50NO5PSi. The summed E-state index contributed by atoms with van der Waals surface area (Å²) in [6.07, 6.45) is 1.05. The number of esters is 1. The number of Topliss-reactive ketones (excluding diaryl/α,β-unsaturated/α-hetero) is 1. The van der Waals surface area contributed by atoms with Crippen molar-refractivity contribution < 1.29 is 23.5 Å². The second-order valence-electron chi connectivity index (χ2n) is 14.8. The number of likely N-dealkylation sites (tertiary alicyclic amines) is 1. The van der Waals surface area contributed by atoms with Crippen molar-refractivity contribution in [3.05, 3.63) is 139 Å². The highest BCUT2D eigenvalue weighted by Gasteiger charge is 2.57. The molecule has 0 bridgehead atoms. The summed E-state index contributed by atoms with van der Waals surface area (Å²) in [7, 11) is -2.32. The molecule has 1 heterocycles. The number of amides is 1. The minimum absolute atomic E-state index is 0.0152. The average molecular weight is 720 g/mol. The Balaban J connectivity index is 1.83. The van der Waals surface area contributed by atoms with Gasteiger partial charge in [-0.1, -0.05) is 154 Å². The summed E-state index contributed by atoms with van der Waals surface area (Å²) in [4.78, 5) is 45.6. The smallest absolute Gasteiger partial charge is 0.356 e. The number of hydrogen-bond donors (Lipinski definition) is 0. The highest BCUT2D eigenvalue weighted by Crippen LogP contribution is 2.50. The summed E-state index contributed by atoms with van der Waals surface area (Å²) in [5.74, 6) is -1.62. The van der Waals surface area contributed by atoms with E-state index in [9.17, 15) is 14.4 Å². The normalized spacial score (nSPS) is 16.9. The van der Waals surface area contributed by atoms with Gasteiger partial charge in [0.25, 0.3) is 0 Å². The van der Waals surface area contributed by atoms with Crippen LogP contribution >= 0.6 is 6.89 Å². The van der Waals surface area contributed by atoms with E-state index >= 15 is 0 Å². The maximum Gasteiger partial charge on any atom is 0.356 e. The van der Waals surface area contributed by atoms with E-state index in [2.05, 4.69) is 40.4 Å². The van der Waals surface area contributed by atoms with Crippen LogP contribution < -0.4 is 15.9 Å². The van der Waals surface area contributed by atoms with Gasteiger partial charge in [-0.15, -0.1) is 0 Å². The molecule has 5 rings (SSSR count). The quantitative estimate of drug-likeness (QED) is 0.0355. The van der Waals surface area contributed by atoms with E-state index in [0.29, 0.717) is 5.56 Å². The highest BCUT2D eigenvalue weighted by molar-refractivity contribution is 7.96. The van der Waals surface area contributed by atoms with Gasteiger partial charge >= 0.3 is 5.97 Å². The lowest BCUT2D eigenvalue weighted by molar-refractivity contribution is -0.156. The van der Waals surface area contributed by atoms with Crippen molar-refractivity contribution >= 4 is 54.2 Å². The molecule has 4 aromatic carbocycles. The standard InChI is InChI=1S/C43H50NO5PSi/c1-9-29-48-42(47)41(50(34-19-13-10-14-20-34,35-21-15-11-16-22-35)36-23-17-12-18-24-36)44-37(30-38(45)33-27-25-31(2)26-28-33)39(40(44)46)32(3)49-51(7,8)43(4,5)6/h9-28,32,37,39H,1,29-30H2,2-8H3/t32?,37-,39-/m1/s1. The molecule has 0 aliphatic carbocycles. The molecule has 266 valence electrons. The number of aryl methyl sites for hydroxylation is 1. The molecule has 0 radical (unpaired) electrons. The number of carbonyl (C=O) groups excluding carboxylic acids is 3. The van der Waals surface area contributed by atoms with E-state index < -0.39 is 39.2 Å². The summed E-state index contributed by atoms with van der Waals surface area (Å²) < 4.78 is 12.8. The van der Waals surface area contributed by atoms with Crippen LogP contribution in [0.3, 0.4) is 0 Å². The lowest BCUT2D eigenvalue weighted by Gasteiger charge is -2.53. The van der Waals surface area contributed by atoms with Crippen molar-refractivity contribution in [1.82, 2.24) is 4.90 Å². The number of ether oxygens (including phenoxy) is 1. The van der Waals surface area contributed by atoms with E-state index in [1.54, 1.807) is 4.90 Å². The van der Waals surface area contributed by atoms with Crippen LogP contribution in [-0.2, 0) is 18.8 Å². The van der Waals surface area contributed by atoms with Gasteiger partial charge in [-0.3, -0.25) is 9.59 Å². The van der Waals surface area contributed by atoms with Crippen LogP contribution in [0.4, 0.5) is 0 Å². The molecule has 1 aliphatic rings. The summed E-state index contributed by atoms with van der Waals surface area (Å²) in [6, 6.07) is 36.5. The van der Waals surface area contributed by atoms with E-state index in [1.165, 1.54) is 6.08 Å². The SMILES string of the molecule is C=CCOC(=O)C(N1C(=O)[C@H](C(C)O[Si](C)(C)C(C)(C)C)[C@H]1CC(=O)c1ccc(C)cc1)=P(c1ccccc1)(c1ccccc1)c1ccccc1. The molecule has 6 nitrogen and oxygen atoms in total. The van der Waals surface area contributed by atoms with Crippen LogP contribution in [0.5, 0.6) is 0 Å². The van der Waals surface area contributed by atoms with E-state index in [-0.39, 0.29) is 35.2 Å². The molecule has 8 heteroatoms. The van der Waals surface area contributed by atoms with Gasteiger partial charge in [-0.05, 0) is 47.9 Å². The van der Waals surface area contributed by atoms with Crippen LogP contribution in [0.15, 0.2) is 128 Å². The monoisotopic (exact) mass is 719 g/mol. The predicted molar refractivity (Wildman–Crippen MR) is 213 cm³/mol. The molecule has 0 spiro atoms. The van der Waals surface area contributed by atoms with Crippen molar-refractivity contribution in [2.75, 3.05) is 6.61 Å². The third-order valence-corrected chi connectivity index (χ3v) is 19.1. The average Bonchev–Trinajstić information content (AvgIpc) is 3.11. The van der Waals surface area contributed by atoms with Gasteiger partial charge in [0.2, 0.25) is 5.91 Å². The van der Waals surface area contributed by atoms with Crippen molar-refractivity contribution in [3.8, 4) is 0 Å². The summed E-state index contributed by atoms with van der Waals surface area (Å²) in [6.45, 7) is 15.4. The van der Waals surface area contributed by atoms with Crippen LogP contribution in [0.25, 0.3) is 0 Å². The lowest BCUT2D eigenvalue weighted by Crippen LogP contribution is -2.69. The van der Waals surface area contributed by atoms with Gasteiger partial charge < -0.3 is 14.1 Å². The number of rotatable bonds is 13. The molecule has 0 saturated carbocycles. The van der Waals surface area contributed by atoms with E-state index in [1.807, 2.05) is 129 Å². The zero-order valence-electron chi connectivity index (χ0n) is 30.8. The number of nitrogens with zero attached hydrogens (tertiary/aromatic N) is 1. The maximum atomic E-state index is 15.0. The zero-order chi connectivity index (χ0) is 37.0. The fourth-order valence-electron chi connectivity index (χ4n) is 6.69. The number of benzene rings is 4. The Kier molecular flexibility index (Phi) is 11.6. The van der Waals surface area contributed by atoms with E-state index in [4.69, 9.17) is 9.16 Å². The Hall–Kier alpha value is -4.29. The minimum atomic E-state index is -3.13. The third-order valence-electron chi connectivity index (χ3n) is 10.3. The first-order valence-electron chi connectivity index (χ1n) is 17.6. The highest BCUT2D eigenvalue weighted by atomic mass is 31.2. The zero-order valence-corrected chi connectivity index (χ0v) is 32.7. The van der Waals surface area contributed by atoms with Gasteiger partial charge in [0, 0.05) is 18.9 Å². The molecule has 1 unspecified atom stereocenters. The van der Waals surface area contributed by atoms with Gasteiger partial charge in [0.05, 0.1) is 18.1 Å². The van der Waals surface area contributed by atoms with Crippen molar-refractivity contribution in [2.24, 2.45) is 5.92 Å². The first-order chi connectivity index (χ1) is 24.2. The third kappa shape index (κ3) is 7.53. The largest absolute Gasteiger partial charge is 0.457 e. The van der Waals surface area contributed by atoms with Crippen molar-refractivity contribution in [1.29, 1.82) is 0 Å². The molecule has 51 heavy (non-hydrogen) atoms. The van der Waals surface area contributed by atoms with Crippen molar-refractivity contribution in [2.45, 2.75) is 71.3 Å². The molecule has 1 saturated heterocycles. The molecule has 4 aromatic rings. The summed E-state index contributed by atoms with van der Waals surface area (Å²) >= 11 is 0. The molecule has 3 atom stereocenters. The predicted octanol–water partition coefficient (Wildman–Crippen LogP) is 7.66. The Labute approximate surface area is 304 Å². The van der Waals surface area contributed by atoms with Crippen molar-refractivity contribution in [3.63, 3.8) is 0 Å². The Morgan fingerprint density at radius 2 is 1.31 bits per heavy atom. The summed E-state index contributed by atoms with van der Waals surface area (Å²) in [5, 5.41) is 2.57. The topological polar surface area (TPSA) is 72.9 Å². The fraction of sp³-hybridized carbons (Fsp3) is 0.302. The Morgan fingerprint density at radius 1 is 0.843 bits per heavy atom. The fourth-order valence-corrected chi connectivity index (χ4v) is 12.5. The van der Waals surface area contributed by atoms with E-state index in [0.717, 1.165) is 21.5 Å². The van der Waals surface area contributed by atoms with Gasteiger partial charge in [0.15, 0.2) is 14.1 Å². The molecule has 1 fully saturated rings. The van der Waals surface area contributed by atoms with Gasteiger partial charge in [-0.25, -0.2) is 4.79 Å². The first kappa shape index (κ1) is 37.9. The number of hydrogen-bond acceptors (Lipinski definition) is 5. The minimum Gasteiger partial charge on any atom is -0.457 e. The molecule has 1 aliphatic heterocycles. The second kappa shape index (κ2) is 15.5. The van der Waals surface area contributed by atoms with Gasteiger partial charge in [0.1, 0.15) is 12.0 Å². The number of carbonyl (C=O) groups is 3. The summed E-state index contributed by atoms with van der Waals surface area (Å²) in [5.41, 5.74) is 1.85. The second-order valence-corrected chi connectivity index (χ2v) is 22.8. The maximum absolute atomic E-state index is 15.0. The van der Waals surface area contributed by atoms with Crippen LogP contribution in [0.1, 0.15) is 50.0 Å².